The Bertz CT molecular complexity index is 1570. The molecule has 0 fully saturated rings. The second-order valence-electron chi connectivity index (χ2n) is 8.18. The number of nitrogens with zero attached hydrogens (tertiary/aromatic N) is 6. The van der Waals surface area contributed by atoms with Crippen molar-refractivity contribution in [1.29, 1.82) is 0 Å². The smallest absolute Gasteiger partial charge is 0.317 e. The molecule has 2 N–H and O–H groups in total. The first-order valence-electron chi connectivity index (χ1n) is 11.3. The van der Waals surface area contributed by atoms with E-state index in [-0.39, 0.29) is 11.9 Å². The van der Waals surface area contributed by atoms with E-state index >= 15 is 0 Å². The average Bonchev–Trinajstić information content (AvgIpc) is 3.58. The largest absolute Gasteiger partial charge is 0.403 e. The third kappa shape index (κ3) is 4.00. The maximum absolute atomic E-state index is 13.0. The van der Waals surface area contributed by atoms with E-state index in [1.165, 1.54) is 6.33 Å². The van der Waals surface area contributed by atoms with Gasteiger partial charge in [0, 0.05) is 16.7 Å². The van der Waals surface area contributed by atoms with Crippen LogP contribution >= 0.6 is 0 Å². The molecule has 6 rings (SSSR count). The number of benzene rings is 3. The van der Waals surface area contributed by atoms with Crippen LogP contribution in [0.15, 0.2) is 94.9 Å². The summed E-state index contributed by atoms with van der Waals surface area (Å²) in [5.41, 5.74) is 5.68. The Hall–Kier alpha value is -5.12. The molecule has 5 aromatic rings. The van der Waals surface area contributed by atoms with E-state index in [2.05, 4.69) is 30.9 Å². The summed E-state index contributed by atoms with van der Waals surface area (Å²) in [6.07, 6.45) is 2.14. The number of aliphatic imine (C=N–C) groups is 1. The molecule has 3 aromatic carbocycles. The molecule has 1 atom stereocenters. The molecule has 0 radical (unpaired) electrons. The number of hydrogen-bond acceptors (Lipinski definition) is 8. The van der Waals surface area contributed by atoms with Crippen molar-refractivity contribution in [2.45, 2.75) is 13.1 Å². The third-order valence-electron chi connectivity index (χ3n) is 5.79. The molecule has 0 bridgehead atoms. The number of hydrogen-bond donors (Lipinski definition) is 2. The standard InChI is InChI=1S/C26H20N8O2/c1-16-13-18(11-12-21(16)34-15-27-14-28-34)25-32-33-26(36-25)31-23-24(35)29-20-10-6-5-9-19(20)22(30-23)17-7-3-2-4-8-17/h2-15,23H,1H3,(H,29,35)(H,31,33). The van der Waals surface area contributed by atoms with Crippen molar-refractivity contribution in [2.75, 3.05) is 10.6 Å². The Labute approximate surface area is 205 Å². The monoisotopic (exact) mass is 476 g/mol. The van der Waals surface area contributed by atoms with Crippen LogP contribution < -0.4 is 10.6 Å². The molecule has 3 heterocycles. The number of rotatable bonds is 5. The predicted octanol–water partition coefficient (Wildman–Crippen LogP) is 3.85. The van der Waals surface area contributed by atoms with Gasteiger partial charge >= 0.3 is 6.01 Å². The predicted molar refractivity (Wildman–Crippen MR) is 134 cm³/mol. The minimum atomic E-state index is -0.975. The van der Waals surface area contributed by atoms with Crippen LogP contribution in [0.1, 0.15) is 16.7 Å². The first-order valence-corrected chi connectivity index (χ1v) is 11.3. The van der Waals surface area contributed by atoms with Crippen LogP contribution in [0.25, 0.3) is 17.1 Å². The second kappa shape index (κ2) is 8.91. The van der Waals surface area contributed by atoms with Gasteiger partial charge in [-0.15, -0.1) is 5.10 Å². The van der Waals surface area contributed by atoms with Crippen molar-refractivity contribution in [3.8, 4) is 17.1 Å². The van der Waals surface area contributed by atoms with Gasteiger partial charge in [-0.25, -0.2) is 14.7 Å². The zero-order chi connectivity index (χ0) is 24.5. The zero-order valence-corrected chi connectivity index (χ0v) is 19.2. The van der Waals surface area contributed by atoms with Crippen LogP contribution in [0, 0.1) is 6.92 Å². The Balaban J connectivity index is 1.30. The van der Waals surface area contributed by atoms with Crippen LogP contribution in [0.3, 0.4) is 0 Å². The van der Waals surface area contributed by atoms with Gasteiger partial charge in [0.05, 0.1) is 17.1 Å². The van der Waals surface area contributed by atoms with Crippen molar-refractivity contribution >= 4 is 23.3 Å². The molecule has 176 valence electrons. The van der Waals surface area contributed by atoms with Crippen LogP contribution in [-0.2, 0) is 4.79 Å². The number of fused-ring (bicyclic) bond motifs is 1. The zero-order valence-electron chi connectivity index (χ0n) is 19.2. The van der Waals surface area contributed by atoms with Crippen molar-refractivity contribution in [2.24, 2.45) is 4.99 Å². The topological polar surface area (TPSA) is 123 Å². The number of aryl methyl sites for hydroxylation is 1. The number of aromatic nitrogens is 5. The van der Waals surface area contributed by atoms with Crippen LogP contribution in [0.4, 0.5) is 11.7 Å². The molecule has 1 aliphatic rings. The lowest BCUT2D eigenvalue weighted by molar-refractivity contribution is -0.116. The highest BCUT2D eigenvalue weighted by atomic mass is 16.4. The fraction of sp³-hybridized carbons (Fsp3) is 0.0769. The van der Waals surface area contributed by atoms with Crippen molar-refractivity contribution in [3.63, 3.8) is 0 Å². The SMILES string of the molecule is Cc1cc(-c2nnc(NC3N=C(c4ccccc4)c4ccccc4NC3=O)o2)ccc1-n1cncn1. The molecule has 36 heavy (non-hydrogen) atoms. The summed E-state index contributed by atoms with van der Waals surface area (Å²) in [7, 11) is 0. The molecule has 1 amide bonds. The first kappa shape index (κ1) is 21.4. The van der Waals surface area contributed by atoms with Gasteiger partial charge in [0.15, 0.2) is 0 Å². The highest BCUT2D eigenvalue weighted by Crippen LogP contribution is 2.27. The van der Waals surface area contributed by atoms with Crippen LogP contribution in [0.5, 0.6) is 0 Å². The van der Waals surface area contributed by atoms with Gasteiger partial charge in [0.2, 0.25) is 12.1 Å². The van der Waals surface area contributed by atoms with E-state index in [4.69, 9.17) is 9.41 Å². The summed E-state index contributed by atoms with van der Waals surface area (Å²) < 4.78 is 7.53. The van der Waals surface area contributed by atoms with Gasteiger partial charge < -0.3 is 15.1 Å². The third-order valence-corrected chi connectivity index (χ3v) is 5.79. The number of carbonyl (C=O) groups is 1. The molecule has 1 unspecified atom stereocenters. The number of para-hydroxylation sites is 1. The molecular weight excluding hydrogens is 456 g/mol. The summed E-state index contributed by atoms with van der Waals surface area (Å²) in [5, 5.41) is 18.3. The quantitative estimate of drug-likeness (QED) is 0.395. The van der Waals surface area contributed by atoms with Crippen molar-refractivity contribution in [1.82, 2.24) is 25.0 Å². The second-order valence-corrected chi connectivity index (χ2v) is 8.18. The molecule has 10 heteroatoms. The van der Waals surface area contributed by atoms with Gasteiger partial charge in [-0.05, 0) is 36.8 Å². The van der Waals surface area contributed by atoms with Gasteiger partial charge in [0.1, 0.15) is 12.7 Å². The lowest BCUT2D eigenvalue weighted by Gasteiger charge is -2.11. The molecule has 0 spiro atoms. The van der Waals surface area contributed by atoms with Gasteiger partial charge in [-0.3, -0.25) is 4.79 Å². The van der Waals surface area contributed by atoms with Crippen molar-refractivity contribution in [3.05, 3.63) is 102 Å². The van der Waals surface area contributed by atoms with Crippen LogP contribution in [0.2, 0.25) is 0 Å². The number of nitrogens with one attached hydrogen (secondary N) is 2. The average molecular weight is 477 g/mol. The van der Waals surface area contributed by atoms with E-state index in [1.54, 1.807) is 11.0 Å². The van der Waals surface area contributed by atoms with E-state index in [0.29, 0.717) is 17.3 Å². The van der Waals surface area contributed by atoms with E-state index in [9.17, 15) is 4.79 Å². The molecule has 1 aliphatic heterocycles. The first-order chi connectivity index (χ1) is 17.7. The minimum absolute atomic E-state index is 0.0882. The van der Waals surface area contributed by atoms with E-state index < -0.39 is 6.17 Å². The molecule has 0 saturated carbocycles. The lowest BCUT2D eigenvalue weighted by atomic mass is 10.0. The normalized spacial score (nSPS) is 15.0. The van der Waals surface area contributed by atoms with Gasteiger partial charge in [0.25, 0.3) is 5.91 Å². The Morgan fingerprint density at radius 3 is 2.61 bits per heavy atom. The van der Waals surface area contributed by atoms with Crippen LogP contribution in [-0.4, -0.2) is 42.7 Å². The fourth-order valence-electron chi connectivity index (χ4n) is 4.07. The highest BCUT2D eigenvalue weighted by molar-refractivity contribution is 6.19. The number of amides is 1. The number of carbonyl (C=O) groups excluding carboxylic acids is 1. The summed E-state index contributed by atoms with van der Waals surface area (Å²) in [6.45, 7) is 1.96. The molecule has 2 aromatic heterocycles. The maximum Gasteiger partial charge on any atom is 0.317 e. The summed E-state index contributed by atoms with van der Waals surface area (Å²) in [6, 6.07) is 23.1. The molecule has 0 aliphatic carbocycles. The molecular formula is C26H20N8O2. The summed E-state index contributed by atoms with van der Waals surface area (Å²) in [5.74, 6) is -0.0171. The summed E-state index contributed by atoms with van der Waals surface area (Å²) in [4.78, 5) is 21.8. The summed E-state index contributed by atoms with van der Waals surface area (Å²) >= 11 is 0. The van der Waals surface area contributed by atoms with Gasteiger partial charge in [-0.2, -0.15) is 5.10 Å². The molecule has 0 saturated heterocycles. The number of benzodiazepines with no additional fused rings is 1. The highest BCUT2D eigenvalue weighted by Gasteiger charge is 2.27. The number of anilines is 2. The maximum atomic E-state index is 13.0. The van der Waals surface area contributed by atoms with Gasteiger partial charge in [-0.1, -0.05) is 53.6 Å². The van der Waals surface area contributed by atoms with Crippen molar-refractivity contribution < 1.29 is 9.21 Å². The Kier molecular flexibility index (Phi) is 5.30. The van der Waals surface area contributed by atoms with E-state index in [1.807, 2.05) is 79.7 Å². The Morgan fingerprint density at radius 2 is 1.81 bits per heavy atom. The lowest BCUT2D eigenvalue weighted by Crippen LogP contribution is -2.32. The minimum Gasteiger partial charge on any atom is -0.403 e. The van der Waals surface area contributed by atoms with E-state index in [0.717, 1.165) is 27.9 Å². The fourth-order valence-corrected chi connectivity index (χ4v) is 4.07. The molecule has 10 nitrogen and oxygen atoms in total. The Morgan fingerprint density at radius 1 is 0.972 bits per heavy atom.